The summed E-state index contributed by atoms with van der Waals surface area (Å²) >= 11 is 0. The third-order valence-corrected chi connectivity index (χ3v) is 8.51. The minimum Gasteiger partial charge on any atom is -0.364 e. The van der Waals surface area contributed by atoms with Crippen molar-refractivity contribution < 1.29 is 9.53 Å². The van der Waals surface area contributed by atoms with Gasteiger partial charge in [0, 0.05) is 42.8 Å². The van der Waals surface area contributed by atoms with E-state index in [1.54, 1.807) is 7.11 Å². The number of nitrogens with zero attached hydrogens (tertiary/aromatic N) is 2. The highest BCUT2D eigenvalue weighted by molar-refractivity contribution is 6.24. The van der Waals surface area contributed by atoms with Crippen molar-refractivity contribution in [3.63, 3.8) is 0 Å². The molecule has 0 bridgehead atoms. The Morgan fingerprint density at radius 3 is 2.08 bits per heavy atom. The Labute approximate surface area is 210 Å². The monoisotopic (exact) mass is 470 g/mol. The van der Waals surface area contributed by atoms with Gasteiger partial charge in [-0.3, -0.25) is 9.79 Å². The maximum absolute atomic E-state index is 14.9. The number of Topliss-reactive ketones (excluding diaryl/α,β-unsaturated/α-hetero) is 1. The number of hydrogen-bond donors (Lipinski definition) is 0. The highest BCUT2D eigenvalue weighted by Gasteiger charge is 2.78. The lowest BCUT2D eigenvalue weighted by molar-refractivity contribution is -0.00547. The number of carbonyl (C=O) groups excluding carboxylic acids is 1. The minimum atomic E-state index is -1.06. The summed E-state index contributed by atoms with van der Waals surface area (Å²) in [6.45, 7) is 0. The summed E-state index contributed by atoms with van der Waals surface area (Å²) in [4.78, 5) is 22.4. The van der Waals surface area contributed by atoms with Gasteiger partial charge >= 0.3 is 0 Å². The molecule has 2 aliphatic heterocycles. The predicted molar refractivity (Wildman–Crippen MR) is 142 cm³/mol. The third kappa shape index (κ3) is 2.33. The number of aliphatic imine (C=N–C) groups is 1. The van der Waals surface area contributed by atoms with E-state index in [-0.39, 0.29) is 17.6 Å². The Morgan fingerprint density at radius 2 is 1.39 bits per heavy atom. The zero-order valence-corrected chi connectivity index (χ0v) is 20.3. The zero-order valence-electron chi connectivity index (χ0n) is 20.3. The average Bonchev–Trinajstić information content (AvgIpc) is 3.49. The van der Waals surface area contributed by atoms with Crippen LogP contribution in [0.15, 0.2) is 114 Å². The standard InChI is InChI=1S/C32H26N2O2/c1-34-26-20-12-9-17-23(26)30(35)31(34)28(22-15-7-4-8-16-22)27(21-13-5-3-6-14-21)29-32(31,36-2)24-18-10-11-19-25(24)33-29/h3-20,27-28H,1-2H3/t27-,28+,31+,32+/m1/s1. The lowest BCUT2D eigenvalue weighted by Gasteiger charge is -2.48. The number of methoxy groups -OCH3 is 1. The van der Waals surface area contributed by atoms with E-state index in [4.69, 9.17) is 9.73 Å². The molecule has 0 unspecified atom stereocenters. The largest absolute Gasteiger partial charge is 0.364 e. The molecule has 4 heteroatoms. The Bertz CT molecular complexity index is 1530. The van der Waals surface area contributed by atoms with Crippen molar-refractivity contribution in [3.8, 4) is 0 Å². The molecule has 2 heterocycles. The van der Waals surface area contributed by atoms with Crippen molar-refractivity contribution in [2.24, 2.45) is 4.99 Å². The van der Waals surface area contributed by atoms with Gasteiger partial charge in [0.1, 0.15) is 0 Å². The van der Waals surface area contributed by atoms with Gasteiger partial charge in [-0.25, -0.2) is 0 Å². The van der Waals surface area contributed by atoms with Gasteiger partial charge in [0.2, 0.25) is 0 Å². The molecule has 1 saturated carbocycles. The highest BCUT2D eigenvalue weighted by Crippen LogP contribution is 2.69. The Hall–Kier alpha value is -4.02. The lowest BCUT2D eigenvalue weighted by atomic mass is 9.67. The van der Waals surface area contributed by atoms with E-state index in [1.807, 2.05) is 61.6 Å². The molecule has 176 valence electrons. The molecule has 36 heavy (non-hydrogen) atoms. The number of likely N-dealkylation sites (N-methyl/N-ethyl adjacent to an activating group) is 1. The average molecular weight is 471 g/mol. The van der Waals surface area contributed by atoms with Gasteiger partial charge < -0.3 is 9.64 Å². The first-order valence-corrected chi connectivity index (χ1v) is 12.4. The normalized spacial score (nSPS) is 27.7. The summed E-state index contributed by atoms with van der Waals surface area (Å²) < 4.78 is 6.67. The SMILES string of the molecule is CO[C@]12C(=Nc3ccccc31)[C@H](c1ccccc1)[C@H](c1ccccc1)[C@]21C(=O)c2ccccc2N1C. The van der Waals surface area contributed by atoms with Crippen LogP contribution < -0.4 is 4.90 Å². The molecule has 0 N–H and O–H groups in total. The molecule has 4 atom stereocenters. The number of rotatable bonds is 3. The van der Waals surface area contributed by atoms with Crippen molar-refractivity contribution in [1.29, 1.82) is 0 Å². The Kier molecular flexibility index (Phi) is 4.43. The van der Waals surface area contributed by atoms with Gasteiger partial charge in [0.25, 0.3) is 0 Å². The van der Waals surface area contributed by atoms with Gasteiger partial charge in [0.05, 0.1) is 11.4 Å². The van der Waals surface area contributed by atoms with Crippen molar-refractivity contribution in [2.45, 2.75) is 23.0 Å². The zero-order chi connectivity index (χ0) is 24.5. The van der Waals surface area contributed by atoms with E-state index >= 15 is 0 Å². The summed E-state index contributed by atoms with van der Waals surface area (Å²) in [5, 5.41) is 0. The number of hydrogen-bond acceptors (Lipinski definition) is 4. The van der Waals surface area contributed by atoms with Gasteiger partial charge in [0.15, 0.2) is 16.9 Å². The fourth-order valence-electron chi connectivity index (χ4n) is 7.25. The van der Waals surface area contributed by atoms with Crippen molar-refractivity contribution >= 4 is 22.9 Å². The number of ether oxygens (including phenoxy) is 1. The first kappa shape index (κ1) is 21.3. The summed E-state index contributed by atoms with van der Waals surface area (Å²) in [6, 6.07) is 36.9. The molecular weight excluding hydrogens is 444 g/mol. The number of fused-ring (bicyclic) bond motifs is 5. The van der Waals surface area contributed by atoms with Crippen molar-refractivity contribution in [2.75, 3.05) is 19.1 Å². The maximum atomic E-state index is 14.9. The number of carbonyl (C=O) groups is 1. The number of anilines is 1. The topological polar surface area (TPSA) is 41.9 Å². The smallest absolute Gasteiger partial charge is 0.194 e. The first-order valence-electron chi connectivity index (χ1n) is 12.4. The number of ketones is 1. The molecule has 4 aromatic rings. The van der Waals surface area contributed by atoms with Crippen LogP contribution >= 0.6 is 0 Å². The van der Waals surface area contributed by atoms with E-state index in [9.17, 15) is 4.79 Å². The molecule has 7 rings (SSSR count). The maximum Gasteiger partial charge on any atom is 0.194 e. The molecule has 0 saturated heterocycles. The fraction of sp³-hybridized carbons (Fsp3) is 0.188. The van der Waals surface area contributed by atoms with Crippen LogP contribution in [0.5, 0.6) is 0 Å². The van der Waals surface area contributed by atoms with Crippen LogP contribution in [0.25, 0.3) is 0 Å². The summed E-state index contributed by atoms with van der Waals surface area (Å²) in [5.74, 6) is -0.293. The first-order chi connectivity index (χ1) is 17.7. The van der Waals surface area contributed by atoms with E-state index in [2.05, 4.69) is 59.5 Å². The molecule has 4 aromatic carbocycles. The van der Waals surface area contributed by atoms with Gasteiger partial charge in [-0.2, -0.15) is 0 Å². The quantitative estimate of drug-likeness (QED) is 0.355. The van der Waals surface area contributed by atoms with Gasteiger partial charge in [-0.15, -0.1) is 0 Å². The molecule has 0 aromatic heterocycles. The van der Waals surface area contributed by atoms with Crippen LogP contribution in [0.3, 0.4) is 0 Å². The number of benzene rings is 4. The fourth-order valence-corrected chi connectivity index (χ4v) is 7.25. The van der Waals surface area contributed by atoms with Crippen LogP contribution in [0.2, 0.25) is 0 Å². The van der Waals surface area contributed by atoms with Gasteiger partial charge in [-0.05, 0) is 29.3 Å². The summed E-state index contributed by atoms with van der Waals surface area (Å²) in [6.07, 6.45) is 0. The van der Waals surface area contributed by atoms with Crippen LogP contribution in [-0.2, 0) is 10.3 Å². The number of para-hydroxylation sites is 2. The van der Waals surface area contributed by atoms with Crippen LogP contribution in [-0.4, -0.2) is 31.2 Å². The van der Waals surface area contributed by atoms with Crippen LogP contribution in [0.1, 0.15) is 38.9 Å². The van der Waals surface area contributed by atoms with Crippen molar-refractivity contribution in [3.05, 3.63) is 131 Å². The summed E-state index contributed by atoms with van der Waals surface area (Å²) in [5.41, 5.74) is 4.52. The molecule has 1 spiro atoms. The van der Waals surface area contributed by atoms with Crippen LogP contribution in [0, 0.1) is 0 Å². The second kappa shape index (κ2) is 7.49. The van der Waals surface area contributed by atoms with E-state index in [0.717, 1.165) is 39.3 Å². The third-order valence-electron chi connectivity index (χ3n) is 8.51. The minimum absolute atomic E-state index is 0.0825. The van der Waals surface area contributed by atoms with E-state index in [1.165, 1.54) is 0 Å². The van der Waals surface area contributed by atoms with E-state index < -0.39 is 11.1 Å². The highest BCUT2D eigenvalue weighted by atomic mass is 16.5. The summed E-state index contributed by atoms with van der Waals surface area (Å²) in [7, 11) is 3.78. The second-order valence-corrected chi connectivity index (χ2v) is 9.85. The lowest BCUT2D eigenvalue weighted by Crippen LogP contribution is -2.65. The molecule has 0 radical (unpaired) electrons. The Balaban J connectivity index is 1.64. The molecule has 3 aliphatic rings. The predicted octanol–water partition coefficient (Wildman–Crippen LogP) is 6.27. The molecular formula is C32H26N2O2. The molecule has 0 amide bonds. The molecule has 4 nitrogen and oxygen atoms in total. The van der Waals surface area contributed by atoms with Crippen LogP contribution in [0.4, 0.5) is 11.4 Å². The Morgan fingerprint density at radius 1 is 0.778 bits per heavy atom. The van der Waals surface area contributed by atoms with E-state index in [0.29, 0.717) is 0 Å². The molecule has 1 fully saturated rings. The second-order valence-electron chi connectivity index (χ2n) is 9.85. The van der Waals surface area contributed by atoms with Gasteiger partial charge in [-0.1, -0.05) is 91.0 Å². The van der Waals surface area contributed by atoms with Crippen molar-refractivity contribution in [1.82, 2.24) is 0 Å². The molecule has 1 aliphatic carbocycles.